The number of fused-ring (bicyclic) bond motifs is 7. The van der Waals surface area contributed by atoms with Crippen LogP contribution in [0.2, 0.25) is 0 Å². The second-order valence-electron chi connectivity index (χ2n) is 15.0. The Kier molecular flexibility index (Phi) is 5.30. The number of aliphatic hydroxyl groups is 2. The highest BCUT2D eigenvalue weighted by atomic mass is 16.3. The summed E-state index contributed by atoms with van der Waals surface area (Å²) in [5.74, 6) is 1.55. The minimum atomic E-state index is -0.849. The Balaban J connectivity index is 1.64. The molecule has 5 aliphatic carbocycles. The second-order valence-corrected chi connectivity index (χ2v) is 15.0. The maximum atomic E-state index is 13.3. The smallest absolute Gasteiger partial charge is 0.136 e. The van der Waals surface area contributed by atoms with E-state index in [1.165, 1.54) is 18.4 Å². The summed E-state index contributed by atoms with van der Waals surface area (Å²) in [6.07, 6.45) is 11.6. The summed E-state index contributed by atoms with van der Waals surface area (Å²) >= 11 is 0. The average molecular weight is 471 g/mol. The number of hydrogen-bond acceptors (Lipinski definition) is 3. The van der Waals surface area contributed by atoms with Gasteiger partial charge in [-0.2, -0.15) is 0 Å². The average Bonchev–Trinajstić information content (AvgIpc) is 2.74. The molecule has 4 fully saturated rings. The van der Waals surface area contributed by atoms with Gasteiger partial charge in [-0.3, -0.25) is 4.79 Å². The number of aliphatic hydroxyl groups excluding tert-OH is 1. The first-order valence-corrected chi connectivity index (χ1v) is 14.2. The van der Waals surface area contributed by atoms with E-state index in [2.05, 4.69) is 47.6 Å². The quantitative estimate of drug-likeness (QED) is 0.419. The SMILES string of the molecule is CC(=O)[C@]12CC[C@@H](C)[C@@](C)(O)C1C1=CCC3[C@@]4(C)CC[C@H](O)C(C)(C)[C@@H]4CC[C@@]3(C)[C@]1(C)CC2. The first kappa shape index (κ1) is 25.0. The standard InChI is InChI=1S/C31H50O3/c1-19-11-16-31(20(2)32)18-17-28(6)21(25(31)30(19,8)34)9-10-23-27(5)14-13-24(33)26(3,4)22(27)12-15-29(23,28)7/h9,19,22-25,33-34H,10-18H2,1-8H3/t19-,22+,23?,24+,25?,27+,28-,29-,30-,31-/m1/s1. The van der Waals surface area contributed by atoms with Crippen molar-refractivity contribution in [1.29, 1.82) is 0 Å². The van der Waals surface area contributed by atoms with Crippen LogP contribution in [-0.4, -0.2) is 27.7 Å². The molecule has 2 unspecified atom stereocenters. The van der Waals surface area contributed by atoms with Crippen LogP contribution in [0.3, 0.4) is 0 Å². The molecule has 0 saturated heterocycles. The summed E-state index contributed by atoms with van der Waals surface area (Å²) in [5.41, 5.74) is 0.508. The number of Topliss-reactive ketones (excluding diaryl/α,β-unsaturated/α-hetero) is 1. The van der Waals surface area contributed by atoms with E-state index >= 15 is 0 Å². The summed E-state index contributed by atoms with van der Waals surface area (Å²) in [6, 6.07) is 0. The Morgan fingerprint density at radius 2 is 1.59 bits per heavy atom. The minimum absolute atomic E-state index is 0.00870. The summed E-state index contributed by atoms with van der Waals surface area (Å²) in [5, 5.41) is 22.9. The van der Waals surface area contributed by atoms with Gasteiger partial charge in [-0.25, -0.2) is 0 Å². The van der Waals surface area contributed by atoms with Gasteiger partial charge in [0.15, 0.2) is 0 Å². The molecule has 3 heteroatoms. The van der Waals surface area contributed by atoms with Crippen molar-refractivity contribution in [2.75, 3.05) is 0 Å². The molecule has 0 spiro atoms. The maximum Gasteiger partial charge on any atom is 0.136 e. The van der Waals surface area contributed by atoms with Crippen molar-refractivity contribution in [3.63, 3.8) is 0 Å². The van der Waals surface area contributed by atoms with Crippen molar-refractivity contribution in [3.05, 3.63) is 11.6 Å². The van der Waals surface area contributed by atoms with E-state index in [-0.39, 0.29) is 39.6 Å². The molecule has 2 N–H and O–H groups in total. The molecule has 0 amide bonds. The third-order valence-corrected chi connectivity index (χ3v) is 13.7. The molecule has 0 aliphatic heterocycles. The highest BCUT2D eigenvalue weighted by Gasteiger charge is 2.70. The molecule has 192 valence electrons. The van der Waals surface area contributed by atoms with Crippen LogP contribution in [-0.2, 0) is 4.79 Å². The molecule has 3 nitrogen and oxygen atoms in total. The molecule has 0 bridgehead atoms. The monoisotopic (exact) mass is 470 g/mol. The van der Waals surface area contributed by atoms with E-state index in [4.69, 9.17) is 0 Å². The number of rotatable bonds is 1. The van der Waals surface area contributed by atoms with Gasteiger partial charge in [0, 0.05) is 11.3 Å². The summed E-state index contributed by atoms with van der Waals surface area (Å²) < 4.78 is 0. The summed E-state index contributed by atoms with van der Waals surface area (Å²) in [6.45, 7) is 18.2. The van der Waals surface area contributed by atoms with Gasteiger partial charge >= 0.3 is 0 Å². The molecule has 5 rings (SSSR count). The van der Waals surface area contributed by atoms with Crippen molar-refractivity contribution in [3.8, 4) is 0 Å². The van der Waals surface area contributed by atoms with Crippen LogP contribution in [0.15, 0.2) is 11.6 Å². The molecule has 4 saturated carbocycles. The lowest BCUT2D eigenvalue weighted by Gasteiger charge is -2.72. The Hall–Kier alpha value is -0.670. The molecule has 5 aliphatic rings. The van der Waals surface area contributed by atoms with E-state index in [1.54, 1.807) is 6.92 Å². The van der Waals surface area contributed by atoms with E-state index in [1.807, 2.05) is 6.92 Å². The van der Waals surface area contributed by atoms with E-state index < -0.39 is 11.0 Å². The van der Waals surface area contributed by atoms with E-state index in [9.17, 15) is 15.0 Å². The Bertz CT molecular complexity index is 916. The van der Waals surface area contributed by atoms with Gasteiger partial charge in [0.25, 0.3) is 0 Å². The number of hydrogen-bond donors (Lipinski definition) is 2. The van der Waals surface area contributed by atoms with E-state index in [0.717, 1.165) is 44.9 Å². The van der Waals surface area contributed by atoms with Crippen molar-refractivity contribution >= 4 is 5.78 Å². The van der Waals surface area contributed by atoms with Crippen LogP contribution in [0.5, 0.6) is 0 Å². The number of ketones is 1. The first-order chi connectivity index (χ1) is 15.6. The fraction of sp³-hybridized carbons (Fsp3) is 0.903. The van der Waals surface area contributed by atoms with Gasteiger partial charge in [0.1, 0.15) is 5.78 Å². The summed E-state index contributed by atoms with van der Waals surface area (Å²) in [4.78, 5) is 13.3. The Morgan fingerprint density at radius 1 is 0.912 bits per heavy atom. The van der Waals surface area contributed by atoms with Gasteiger partial charge < -0.3 is 10.2 Å². The highest BCUT2D eigenvalue weighted by molar-refractivity contribution is 5.84. The predicted molar refractivity (Wildman–Crippen MR) is 137 cm³/mol. The Morgan fingerprint density at radius 3 is 2.24 bits per heavy atom. The van der Waals surface area contributed by atoms with Crippen LogP contribution in [0, 0.1) is 50.7 Å². The molecular weight excluding hydrogens is 420 g/mol. The largest absolute Gasteiger partial charge is 0.393 e. The van der Waals surface area contributed by atoms with Crippen LogP contribution >= 0.6 is 0 Å². The van der Waals surface area contributed by atoms with Gasteiger partial charge in [0.2, 0.25) is 0 Å². The number of allylic oxidation sites excluding steroid dienone is 1. The van der Waals surface area contributed by atoms with Crippen LogP contribution < -0.4 is 0 Å². The van der Waals surface area contributed by atoms with Crippen LogP contribution in [0.4, 0.5) is 0 Å². The molecule has 34 heavy (non-hydrogen) atoms. The highest BCUT2D eigenvalue weighted by Crippen LogP contribution is 2.76. The molecule has 0 heterocycles. The van der Waals surface area contributed by atoms with Crippen LogP contribution in [0.25, 0.3) is 0 Å². The Labute approximate surface area is 208 Å². The van der Waals surface area contributed by atoms with Gasteiger partial charge in [0.05, 0.1) is 11.7 Å². The van der Waals surface area contributed by atoms with E-state index in [0.29, 0.717) is 17.6 Å². The zero-order valence-electron chi connectivity index (χ0n) is 23.1. The van der Waals surface area contributed by atoms with Crippen molar-refractivity contribution in [2.24, 2.45) is 50.7 Å². The normalized spacial score (nSPS) is 56.3. The summed E-state index contributed by atoms with van der Waals surface area (Å²) in [7, 11) is 0. The molecule has 0 aromatic carbocycles. The molecule has 0 aromatic heterocycles. The van der Waals surface area contributed by atoms with Crippen molar-refractivity contribution in [1.82, 2.24) is 0 Å². The third-order valence-electron chi connectivity index (χ3n) is 13.7. The molecule has 10 atom stereocenters. The minimum Gasteiger partial charge on any atom is -0.393 e. The predicted octanol–water partition coefficient (Wildman–Crippen LogP) is 6.71. The fourth-order valence-electron chi connectivity index (χ4n) is 11.1. The third kappa shape index (κ3) is 2.75. The maximum absolute atomic E-state index is 13.3. The lowest BCUT2D eigenvalue weighted by atomic mass is 9.33. The van der Waals surface area contributed by atoms with Gasteiger partial charge in [-0.05, 0) is 111 Å². The number of carbonyl (C=O) groups is 1. The topological polar surface area (TPSA) is 57.5 Å². The lowest BCUT2D eigenvalue weighted by Crippen LogP contribution is -2.67. The second kappa shape index (κ2) is 7.21. The lowest BCUT2D eigenvalue weighted by molar-refractivity contribution is -0.213. The van der Waals surface area contributed by atoms with Gasteiger partial charge in [-0.15, -0.1) is 0 Å². The van der Waals surface area contributed by atoms with Crippen molar-refractivity contribution < 1.29 is 15.0 Å². The van der Waals surface area contributed by atoms with Gasteiger partial charge in [-0.1, -0.05) is 53.2 Å². The zero-order chi connectivity index (χ0) is 25.1. The molecule has 0 aromatic rings. The molecular formula is C31H50O3. The zero-order valence-corrected chi connectivity index (χ0v) is 23.1. The molecule has 0 radical (unpaired) electrons. The van der Waals surface area contributed by atoms with Crippen LogP contribution in [0.1, 0.15) is 113 Å². The number of carbonyl (C=O) groups excluding carboxylic acids is 1. The van der Waals surface area contributed by atoms with Crippen molar-refractivity contribution in [2.45, 2.75) is 125 Å². The first-order valence-electron chi connectivity index (χ1n) is 14.2. The fourth-order valence-corrected chi connectivity index (χ4v) is 11.1.